The third-order valence-corrected chi connectivity index (χ3v) is 3.08. The molecule has 2 rings (SSSR count). The molecule has 0 spiro atoms. The molecule has 5 heteroatoms. The van der Waals surface area contributed by atoms with Gasteiger partial charge in [0.25, 0.3) is 0 Å². The van der Waals surface area contributed by atoms with Crippen LogP contribution in [0.5, 0.6) is 0 Å². The van der Waals surface area contributed by atoms with Crippen molar-refractivity contribution in [3.8, 4) is 0 Å². The van der Waals surface area contributed by atoms with E-state index in [0.29, 0.717) is 19.1 Å². The van der Waals surface area contributed by atoms with Crippen LogP contribution in [0, 0.1) is 5.92 Å². The maximum atomic E-state index is 10.9. The average Bonchev–Trinajstić information content (AvgIpc) is 1.88. The van der Waals surface area contributed by atoms with E-state index in [1.807, 2.05) is 0 Å². The average molecular weight is 198 g/mol. The van der Waals surface area contributed by atoms with Crippen molar-refractivity contribution >= 4 is 11.9 Å². The number of amides is 1. The molecule has 0 atom stereocenters. The number of likely N-dealkylation sites (tertiary alicyclic amines) is 2. The number of carbonyl (C=O) groups excluding carboxylic acids is 1. The van der Waals surface area contributed by atoms with Crippen molar-refractivity contribution in [2.24, 2.45) is 5.92 Å². The van der Waals surface area contributed by atoms with Gasteiger partial charge < -0.3 is 10.0 Å². The Labute approximate surface area is 82.3 Å². The maximum Gasteiger partial charge on any atom is 0.309 e. The van der Waals surface area contributed by atoms with Crippen LogP contribution in [0.25, 0.3) is 0 Å². The molecule has 0 bridgehead atoms. The fourth-order valence-electron chi connectivity index (χ4n) is 1.91. The summed E-state index contributed by atoms with van der Waals surface area (Å²) >= 11 is 0. The van der Waals surface area contributed by atoms with Crippen LogP contribution in [0.3, 0.4) is 0 Å². The highest BCUT2D eigenvalue weighted by atomic mass is 16.4. The minimum atomic E-state index is -0.705. The largest absolute Gasteiger partial charge is 0.481 e. The molecule has 0 unspecified atom stereocenters. The number of carbonyl (C=O) groups is 2. The lowest BCUT2D eigenvalue weighted by Crippen LogP contribution is -2.66. The summed E-state index contributed by atoms with van der Waals surface area (Å²) in [6, 6.07) is 0.398. The number of carboxylic acids is 1. The number of hydrogen-bond donors (Lipinski definition) is 1. The second-order valence-electron chi connectivity index (χ2n) is 4.07. The molecule has 5 nitrogen and oxygen atoms in total. The molecule has 2 aliphatic heterocycles. The van der Waals surface area contributed by atoms with E-state index >= 15 is 0 Å². The number of carboxylic acid groups (broad SMARTS) is 1. The van der Waals surface area contributed by atoms with Crippen LogP contribution in [-0.2, 0) is 9.59 Å². The number of rotatable bonds is 2. The van der Waals surface area contributed by atoms with Gasteiger partial charge in [0, 0.05) is 39.1 Å². The molecule has 2 aliphatic rings. The molecule has 0 aromatic carbocycles. The zero-order valence-electron chi connectivity index (χ0n) is 8.14. The molecule has 0 aromatic heterocycles. The van der Waals surface area contributed by atoms with Gasteiger partial charge in [0.05, 0.1) is 5.92 Å². The molecule has 0 aromatic rings. The third-order valence-electron chi connectivity index (χ3n) is 3.08. The Morgan fingerprint density at radius 1 is 1.21 bits per heavy atom. The van der Waals surface area contributed by atoms with E-state index in [2.05, 4.69) is 4.90 Å². The first-order valence-corrected chi connectivity index (χ1v) is 4.80. The third kappa shape index (κ3) is 1.48. The van der Waals surface area contributed by atoms with Gasteiger partial charge in [0.1, 0.15) is 0 Å². The van der Waals surface area contributed by atoms with E-state index < -0.39 is 5.97 Å². The van der Waals surface area contributed by atoms with Crippen LogP contribution in [0.4, 0.5) is 0 Å². The first-order chi connectivity index (χ1) is 6.58. The Hall–Kier alpha value is -1.10. The van der Waals surface area contributed by atoms with Gasteiger partial charge >= 0.3 is 5.97 Å². The molecule has 1 amide bonds. The van der Waals surface area contributed by atoms with Crippen molar-refractivity contribution < 1.29 is 14.7 Å². The van der Waals surface area contributed by atoms with Crippen molar-refractivity contribution in [1.82, 2.24) is 9.80 Å². The molecule has 0 radical (unpaired) electrons. The van der Waals surface area contributed by atoms with E-state index in [9.17, 15) is 9.59 Å². The molecule has 1 N–H and O–H groups in total. The van der Waals surface area contributed by atoms with Crippen LogP contribution >= 0.6 is 0 Å². The summed E-state index contributed by atoms with van der Waals surface area (Å²) in [5.74, 6) is -0.790. The van der Waals surface area contributed by atoms with Crippen molar-refractivity contribution in [3.05, 3.63) is 0 Å². The van der Waals surface area contributed by atoms with E-state index in [-0.39, 0.29) is 11.8 Å². The number of hydrogen-bond acceptors (Lipinski definition) is 3. The number of aliphatic carboxylic acids is 1. The highest BCUT2D eigenvalue weighted by Crippen LogP contribution is 2.24. The van der Waals surface area contributed by atoms with Crippen molar-refractivity contribution in [3.63, 3.8) is 0 Å². The summed E-state index contributed by atoms with van der Waals surface area (Å²) in [5.41, 5.74) is 0. The Balaban J connectivity index is 1.71. The lowest BCUT2D eigenvalue weighted by Gasteiger charge is -2.50. The van der Waals surface area contributed by atoms with E-state index in [4.69, 9.17) is 5.11 Å². The van der Waals surface area contributed by atoms with Gasteiger partial charge in [-0.25, -0.2) is 0 Å². The van der Waals surface area contributed by atoms with Crippen LogP contribution in [0.15, 0.2) is 0 Å². The van der Waals surface area contributed by atoms with Crippen molar-refractivity contribution in [1.29, 1.82) is 0 Å². The second kappa shape index (κ2) is 3.24. The SMILES string of the molecule is CC(=O)N1CC(N2CC(C(=O)O)C2)C1. The summed E-state index contributed by atoms with van der Waals surface area (Å²) < 4.78 is 0. The standard InChI is InChI=1S/C9H14N2O3/c1-6(12)10-4-8(5-10)11-2-7(3-11)9(13)14/h7-8H,2-5H2,1H3,(H,13,14). The Bertz CT molecular complexity index is 239. The molecule has 0 saturated carbocycles. The summed E-state index contributed by atoms with van der Waals surface area (Å²) in [6.07, 6.45) is 0. The maximum absolute atomic E-state index is 10.9. The zero-order chi connectivity index (χ0) is 10.3. The van der Waals surface area contributed by atoms with E-state index in [0.717, 1.165) is 13.1 Å². The van der Waals surface area contributed by atoms with Gasteiger partial charge in [-0.2, -0.15) is 0 Å². The highest BCUT2D eigenvalue weighted by Gasteiger charge is 2.41. The van der Waals surface area contributed by atoms with Gasteiger partial charge in [-0.1, -0.05) is 0 Å². The van der Waals surface area contributed by atoms with Crippen molar-refractivity contribution in [2.75, 3.05) is 26.2 Å². The summed E-state index contributed by atoms with van der Waals surface area (Å²) in [6.45, 7) is 4.38. The lowest BCUT2D eigenvalue weighted by molar-refractivity contribution is -0.153. The van der Waals surface area contributed by atoms with Crippen LogP contribution in [0.2, 0.25) is 0 Å². The Morgan fingerprint density at radius 3 is 2.21 bits per heavy atom. The Morgan fingerprint density at radius 2 is 1.79 bits per heavy atom. The minimum absolute atomic E-state index is 0.108. The first-order valence-electron chi connectivity index (χ1n) is 4.80. The molecule has 0 aliphatic carbocycles. The minimum Gasteiger partial charge on any atom is -0.481 e. The number of nitrogens with zero attached hydrogens (tertiary/aromatic N) is 2. The quantitative estimate of drug-likeness (QED) is 0.633. The van der Waals surface area contributed by atoms with Gasteiger partial charge in [-0.05, 0) is 0 Å². The topological polar surface area (TPSA) is 60.9 Å². The highest BCUT2D eigenvalue weighted by molar-refractivity contribution is 5.74. The smallest absolute Gasteiger partial charge is 0.309 e. The Kier molecular flexibility index (Phi) is 2.19. The predicted molar refractivity (Wildman–Crippen MR) is 48.7 cm³/mol. The normalized spacial score (nSPS) is 24.2. The van der Waals surface area contributed by atoms with E-state index in [1.54, 1.807) is 11.8 Å². The van der Waals surface area contributed by atoms with E-state index in [1.165, 1.54) is 0 Å². The second-order valence-corrected chi connectivity index (χ2v) is 4.07. The summed E-state index contributed by atoms with van der Waals surface area (Å²) in [4.78, 5) is 25.3. The zero-order valence-corrected chi connectivity index (χ0v) is 8.14. The molecule has 14 heavy (non-hydrogen) atoms. The first kappa shape index (κ1) is 9.45. The molecular formula is C9H14N2O3. The van der Waals surface area contributed by atoms with Gasteiger partial charge in [-0.15, -0.1) is 0 Å². The molecule has 2 heterocycles. The lowest BCUT2D eigenvalue weighted by atomic mass is 9.94. The van der Waals surface area contributed by atoms with Gasteiger partial charge in [-0.3, -0.25) is 14.5 Å². The van der Waals surface area contributed by atoms with Crippen LogP contribution in [-0.4, -0.2) is 59.0 Å². The monoisotopic (exact) mass is 198 g/mol. The molecule has 78 valence electrons. The fourth-order valence-corrected chi connectivity index (χ4v) is 1.91. The predicted octanol–water partition coefficient (Wildman–Crippen LogP) is -0.766. The van der Waals surface area contributed by atoms with Gasteiger partial charge in [0.15, 0.2) is 0 Å². The van der Waals surface area contributed by atoms with Crippen LogP contribution < -0.4 is 0 Å². The summed E-state index contributed by atoms with van der Waals surface area (Å²) in [5, 5.41) is 8.67. The fraction of sp³-hybridized carbons (Fsp3) is 0.778. The molecule has 2 fully saturated rings. The summed E-state index contributed by atoms with van der Waals surface area (Å²) in [7, 11) is 0. The van der Waals surface area contributed by atoms with Crippen LogP contribution in [0.1, 0.15) is 6.92 Å². The molecule has 2 saturated heterocycles. The van der Waals surface area contributed by atoms with Gasteiger partial charge in [0.2, 0.25) is 5.91 Å². The molecular weight excluding hydrogens is 184 g/mol. The van der Waals surface area contributed by atoms with Crippen molar-refractivity contribution in [2.45, 2.75) is 13.0 Å².